The summed E-state index contributed by atoms with van der Waals surface area (Å²) in [6.07, 6.45) is -0.287. The molecule has 2 aromatic rings. The molecule has 0 spiro atoms. The zero-order valence-corrected chi connectivity index (χ0v) is 18.8. The van der Waals surface area contributed by atoms with Crippen molar-refractivity contribution in [2.45, 2.75) is 24.0 Å². The minimum absolute atomic E-state index is 0.0960. The van der Waals surface area contributed by atoms with E-state index in [1.54, 1.807) is 12.1 Å². The van der Waals surface area contributed by atoms with Crippen LogP contribution in [0, 0.1) is 6.92 Å². The third-order valence-corrected chi connectivity index (χ3v) is 7.23. The highest BCUT2D eigenvalue weighted by atomic mass is 35.5. The number of benzene rings is 1. The van der Waals surface area contributed by atoms with Crippen molar-refractivity contribution >= 4 is 50.7 Å². The van der Waals surface area contributed by atoms with Gasteiger partial charge >= 0.3 is 6.09 Å². The van der Waals surface area contributed by atoms with Crippen LogP contribution in [0.25, 0.3) is 10.4 Å². The fraction of sp³-hybridized carbons (Fsp3) is 0.389. The summed E-state index contributed by atoms with van der Waals surface area (Å²) in [7, 11) is -4.12. The van der Waals surface area contributed by atoms with Gasteiger partial charge in [0, 0.05) is 22.2 Å². The molecule has 0 fully saturated rings. The number of thiophene rings is 1. The van der Waals surface area contributed by atoms with E-state index in [4.69, 9.17) is 37.8 Å². The molecule has 1 amide bonds. The second kappa shape index (κ2) is 10.9. The summed E-state index contributed by atoms with van der Waals surface area (Å²) >= 11 is 12.4. The summed E-state index contributed by atoms with van der Waals surface area (Å²) in [6.45, 7) is 2.70. The SMILES string of the molecule is Cc1c(-c2ccc(S(=O)(=O)NC(=O)O)s2)ccc(OCCCCl)c1OCCCCl. The van der Waals surface area contributed by atoms with Gasteiger partial charge < -0.3 is 14.6 Å². The number of alkyl halides is 2. The Morgan fingerprint density at radius 3 is 2.38 bits per heavy atom. The second-order valence-corrected chi connectivity index (χ2v) is 9.63. The molecule has 160 valence electrons. The Balaban J connectivity index is 2.38. The van der Waals surface area contributed by atoms with E-state index < -0.39 is 16.1 Å². The first-order valence-corrected chi connectivity index (χ1v) is 12.0. The zero-order chi connectivity index (χ0) is 21.4. The van der Waals surface area contributed by atoms with Crippen LogP contribution in [0.2, 0.25) is 0 Å². The van der Waals surface area contributed by atoms with Crippen LogP contribution in [0.1, 0.15) is 18.4 Å². The van der Waals surface area contributed by atoms with Crippen LogP contribution >= 0.6 is 34.5 Å². The minimum atomic E-state index is -4.12. The number of hydrogen-bond donors (Lipinski definition) is 2. The lowest BCUT2D eigenvalue weighted by atomic mass is 10.1. The smallest absolute Gasteiger partial charge is 0.418 e. The van der Waals surface area contributed by atoms with E-state index in [-0.39, 0.29) is 4.21 Å². The van der Waals surface area contributed by atoms with E-state index in [0.29, 0.717) is 54.2 Å². The first-order chi connectivity index (χ1) is 13.8. The predicted octanol–water partition coefficient (Wildman–Crippen LogP) is 4.70. The van der Waals surface area contributed by atoms with Gasteiger partial charge in [-0.3, -0.25) is 0 Å². The Morgan fingerprint density at radius 2 is 1.76 bits per heavy atom. The Morgan fingerprint density at radius 1 is 1.10 bits per heavy atom. The van der Waals surface area contributed by atoms with Gasteiger partial charge in [0.25, 0.3) is 10.0 Å². The van der Waals surface area contributed by atoms with Gasteiger partial charge in [0.1, 0.15) is 4.21 Å². The van der Waals surface area contributed by atoms with E-state index in [1.165, 1.54) is 10.8 Å². The average Bonchev–Trinajstić information content (AvgIpc) is 3.14. The normalized spacial score (nSPS) is 11.3. The standard InChI is InChI=1S/C18H21Cl2NO6S2/c1-12-13(15-6-7-16(28-15)29(24,25)21-18(22)23)4-5-14(26-10-2-8-19)17(12)27-11-3-9-20/h4-7,21H,2-3,8-11H2,1H3,(H,22,23). The molecule has 2 N–H and O–H groups in total. The van der Waals surface area contributed by atoms with Crippen LogP contribution in [0.15, 0.2) is 28.5 Å². The van der Waals surface area contributed by atoms with Crippen LogP contribution in [-0.4, -0.2) is 44.6 Å². The summed E-state index contributed by atoms with van der Waals surface area (Å²) in [4.78, 5) is 11.4. The molecule has 0 aliphatic rings. The topological polar surface area (TPSA) is 102 Å². The summed E-state index contributed by atoms with van der Waals surface area (Å²) in [5.74, 6) is 2.08. The highest BCUT2D eigenvalue weighted by Gasteiger charge is 2.21. The van der Waals surface area contributed by atoms with Crippen molar-refractivity contribution in [1.29, 1.82) is 0 Å². The van der Waals surface area contributed by atoms with Crippen LogP contribution in [0.3, 0.4) is 0 Å². The monoisotopic (exact) mass is 481 g/mol. The van der Waals surface area contributed by atoms with Crippen LogP contribution in [-0.2, 0) is 10.0 Å². The maximum Gasteiger partial charge on any atom is 0.418 e. The second-order valence-electron chi connectivity index (χ2n) is 5.88. The Kier molecular flexibility index (Phi) is 8.88. The number of ether oxygens (including phenoxy) is 2. The van der Waals surface area contributed by atoms with E-state index in [2.05, 4.69) is 0 Å². The van der Waals surface area contributed by atoms with Crippen molar-refractivity contribution in [3.8, 4) is 21.9 Å². The van der Waals surface area contributed by atoms with Crippen molar-refractivity contribution in [1.82, 2.24) is 4.72 Å². The fourth-order valence-corrected chi connectivity index (χ4v) is 4.92. The molecule has 0 saturated heterocycles. The molecule has 0 aliphatic heterocycles. The summed E-state index contributed by atoms with van der Waals surface area (Å²) in [5.41, 5.74) is 1.54. The number of carboxylic acid groups (broad SMARTS) is 1. The molecule has 0 radical (unpaired) electrons. The number of hydrogen-bond acceptors (Lipinski definition) is 6. The van der Waals surface area contributed by atoms with Crippen LogP contribution in [0.5, 0.6) is 11.5 Å². The number of amides is 1. The van der Waals surface area contributed by atoms with Gasteiger partial charge in [-0.25, -0.2) is 17.9 Å². The number of rotatable bonds is 11. The largest absolute Gasteiger partial charge is 0.490 e. The van der Waals surface area contributed by atoms with Gasteiger partial charge in [0.15, 0.2) is 11.5 Å². The third-order valence-electron chi connectivity index (χ3n) is 3.76. The number of carbonyl (C=O) groups is 1. The minimum Gasteiger partial charge on any atom is -0.490 e. The van der Waals surface area contributed by atoms with E-state index in [1.807, 2.05) is 13.0 Å². The van der Waals surface area contributed by atoms with E-state index >= 15 is 0 Å². The molecule has 0 aliphatic carbocycles. The van der Waals surface area contributed by atoms with Crippen molar-refractivity contribution in [2.75, 3.05) is 25.0 Å². The molecule has 7 nitrogen and oxygen atoms in total. The first-order valence-electron chi connectivity index (χ1n) is 8.67. The number of nitrogens with one attached hydrogen (secondary N) is 1. The highest BCUT2D eigenvalue weighted by molar-refractivity contribution is 7.92. The number of sulfonamides is 1. The molecule has 0 unspecified atom stereocenters. The van der Waals surface area contributed by atoms with E-state index in [9.17, 15) is 13.2 Å². The van der Waals surface area contributed by atoms with Crippen molar-refractivity contribution in [3.05, 3.63) is 29.8 Å². The van der Waals surface area contributed by atoms with Gasteiger partial charge in [0.2, 0.25) is 0 Å². The van der Waals surface area contributed by atoms with E-state index in [0.717, 1.165) is 22.5 Å². The molecule has 11 heteroatoms. The Bertz CT molecular complexity index is 946. The van der Waals surface area contributed by atoms with Crippen molar-refractivity contribution < 1.29 is 27.8 Å². The zero-order valence-electron chi connectivity index (χ0n) is 15.6. The third kappa shape index (κ3) is 6.40. The predicted molar refractivity (Wildman–Crippen MR) is 115 cm³/mol. The molecule has 2 rings (SSSR count). The highest BCUT2D eigenvalue weighted by Crippen LogP contribution is 2.41. The fourth-order valence-electron chi connectivity index (χ4n) is 2.47. The van der Waals surface area contributed by atoms with Gasteiger partial charge in [-0.15, -0.1) is 34.5 Å². The van der Waals surface area contributed by atoms with Crippen molar-refractivity contribution in [2.24, 2.45) is 0 Å². The quantitative estimate of drug-likeness (QED) is 0.356. The molecule has 1 heterocycles. The van der Waals surface area contributed by atoms with Gasteiger partial charge in [-0.2, -0.15) is 0 Å². The lowest BCUT2D eigenvalue weighted by Gasteiger charge is -2.17. The maximum atomic E-state index is 12.1. The average molecular weight is 482 g/mol. The summed E-state index contributed by atoms with van der Waals surface area (Å²) < 4.78 is 37.2. The van der Waals surface area contributed by atoms with Gasteiger partial charge in [-0.1, -0.05) is 0 Å². The van der Waals surface area contributed by atoms with Crippen LogP contribution < -0.4 is 14.2 Å². The Labute approximate surface area is 183 Å². The lowest BCUT2D eigenvalue weighted by molar-refractivity contribution is 0.201. The maximum absolute atomic E-state index is 12.1. The molecule has 0 atom stereocenters. The molecular formula is C18H21Cl2NO6S2. The van der Waals surface area contributed by atoms with Gasteiger partial charge in [0.05, 0.1) is 13.2 Å². The summed E-state index contributed by atoms with van der Waals surface area (Å²) in [5, 5.41) is 8.70. The van der Waals surface area contributed by atoms with Crippen molar-refractivity contribution in [3.63, 3.8) is 0 Å². The molecule has 29 heavy (non-hydrogen) atoms. The van der Waals surface area contributed by atoms with Gasteiger partial charge in [-0.05, 0) is 49.6 Å². The first kappa shape index (κ1) is 23.6. The van der Waals surface area contributed by atoms with Crippen LogP contribution in [0.4, 0.5) is 4.79 Å². The molecule has 1 aromatic carbocycles. The summed E-state index contributed by atoms with van der Waals surface area (Å²) in [6, 6.07) is 6.56. The molecule has 1 aromatic heterocycles. The molecule has 0 saturated carbocycles. The molecule has 0 bridgehead atoms. The number of halogens is 2. The lowest BCUT2D eigenvalue weighted by Crippen LogP contribution is -2.28. The Hall–Kier alpha value is -1.68. The molecular weight excluding hydrogens is 461 g/mol.